The summed E-state index contributed by atoms with van der Waals surface area (Å²) in [4.78, 5) is 14.7. The molecule has 1 heterocycles. The third-order valence-corrected chi connectivity index (χ3v) is 2.68. The zero-order valence-corrected chi connectivity index (χ0v) is 11.4. The number of aromatic carboxylic acids is 1. The molecular formula is C14H12ClNO4. The van der Waals surface area contributed by atoms with Gasteiger partial charge in [0.1, 0.15) is 5.02 Å². The van der Waals surface area contributed by atoms with Crippen LogP contribution in [-0.4, -0.2) is 22.7 Å². The van der Waals surface area contributed by atoms with Crippen LogP contribution in [0.5, 0.6) is 17.4 Å². The molecule has 1 aromatic carbocycles. The molecule has 0 aliphatic heterocycles. The van der Waals surface area contributed by atoms with Gasteiger partial charge in [-0.15, -0.1) is 0 Å². The Morgan fingerprint density at radius 1 is 1.35 bits per heavy atom. The maximum absolute atomic E-state index is 10.8. The Morgan fingerprint density at radius 3 is 2.65 bits per heavy atom. The standard InChI is InChI=1S/C14H12ClNO4/c1-2-19-11-5-3-4-6-12(11)20-13-10(15)7-9(8-16-13)14(17)18/h3-8H,2H2,1H3,(H,17,18). The number of ether oxygens (including phenoxy) is 2. The van der Waals surface area contributed by atoms with Crippen LogP contribution < -0.4 is 9.47 Å². The fraction of sp³-hybridized carbons (Fsp3) is 0.143. The van der Waals surface area contributed by atoms with Gasteiger partial charge >= 0.3 is 5.97 Å². The Labute approximate surface area is 120 Å². The van der Waals surface area contributed by atoms with Crippen molar-refractivity contribution in [1.29, 1.82) is 0 Å². The first kappa shape index (κ1) is 14.1. The highest BCUT2D eigenvalue weighted by Crippen LogP contribution is 2.33. The third kappa shape index (κ3) is 3.19. The summed E-state index contributed by atoms with van der Waals surface area (Å²) in [5.74, 6) is 0.0616. The van der Waals surface area contributed by atoms with E-state index >= 15 is 0 Å². The SMILES string of the molecule is CCOc1ccccc1Oc1ncc(C(=O)O)cc1Cl. The van der Waals surface area contributed by atoms with Gasteiger partial charge in [-0.25, -0.2) is 9.78 Å². The molecule has 0 aliphatic carbocycles. The first-order valence-electron chi connectivity index (χ1n) is 5.90. The first-order chi connectivity index (χ1) is 9.61. The lowest BCUT2D eigenvalue weighted by molar-refractivity contribution is 0.0696. The minimum atomic E-state index is -1.10. The minimum absolute atomic E-state index is 0.000410. The van der Waals surface area contributed by atoms with E-state index in [9.17, 15) is 4.79 Å². The molecule has 1 aromatic heterocycles. The highest BCUT2D eigenvalue weighted by atomic mass is 35.5. The zero-order valence-electron chi connectivity index (χ0n) is 10.7. The molecule has 6 heteroatoms. The molecule has 104 valence electrons. The van der Waals surface area contributed by atoms with Gasteiger partial charge in [-0.2, -0.15) is 0 Å². The van der Waals surface area contributed by atoms with E-state index < -0.39 is 5.97 Å². The second kappa shape index (κ2) is 6.25. The van der Waals surface area contributed by atoms with Gasteiger partial charge in [0.05, 0.1) is 12.2 Å². The predicted molar refractivity (Wildman–Crippen MR) is 73.9 cm³/mol. The van der Waals surface area contributed by atoms with Crippen molar-refractivity contribution in [1.82, 2.24) is 4.98 Å². The van der Waals surface area contributed by atoms with Crippen molar-refractivity contribution in [2.75, 3.05) is 6.61 Å². The monoisotopic (exact) mass is 293 g/mol. The smallest absolute Gasteiger partial charge is 0.337 e. The fourth-order valence-electron chi connectivity index (χ4n) is 1.53. The van der Waals surface area contributed by atoms with Crippen LogP contribution in [0.3, 0.4) is 0 Å². The largest absolute Gasteiger partial charge is 0.490 e. The molecule has 2 aromatic rings. The maximum Gasteiger partial charge on any atom is 0.337 e. The number of benzene rings is 1. The van der Waals surface area contributed by atoms with Crippen LogP contribution >= 0.6 is 11.6 Å². The summed E-state index contributed by atoms with van der Waals surface area (Å²) in [6.07, 6.45) is 1.19. The van der Waals surface area contributed by atoms with Crippen molar-refractivity contribution in [3.63, 3.8) is 0 Å². The van der Waals surface area contributed by atoms with Gasteiger partial charge < -0.3 is 14.6 Å². The molecule has 20 heavy (non-hydrogen) atoms. The molecule has 0 amide bonds. The number of carboxylic acids is 1. The molecule has 1 N–H and O–H groups in total. The average molecular weight is 294 g/mol. The zero-order chi connectivity index (χ0) is 14.5. The maximum atomic E-state index is 10.8. The third-order valence-electron chi connectivity index (χ3n) is 2.41. The highest BCUT2D eigenvalue weighted by Gasteiger charge is 2.12. The van der Waals surface area contributed by atoms with Crippen LogP contribution in [0.15, 0.2) is 36.5 Å². The van der Waals surface area contributed by atoms with Crippen LogP contribution in [0.1, 0.15) is 17.3 Å². The van der Waals surface area contributed by atoms with E-state index in [1.807, 2.05) is 13.0 Å². The lowest BCUT2D eigenvalue weighted by atomic mass is 10.3. The normalized spacial score (nSPS) is 10.1. The van der Waals surface area contributed by atoms with Gasteiger partial charge in [0.15, 0.2) is 11.5 Å². The van der Waals surface area contributed by atoms with E-state index in [1.165, 1.54) is 12.3 Å². The van der Waals surface area contributed by atoms with Gasteiger partial charge in [0, 0.05) is 6.20 Å². The number of para-hydroxylation sites is 2. The molecule has 0 bridgehead atoms. The van der Waals surface area contributed by atoms with E-state index in [1.54, 1.807) is 18.2 Å². The Morgan fingerprint density at radius 2 is 2.05 bits per heavy atom. The second-order valence-corrected chi connectivity index (χ2v) is 4.21. The molecule has 0 saturated heterocycles. The molecule has 2 rings (SSSR count). The van der Waals surface area contributed by atoms with E-state index in [4.69, 9.17) is 26.2 Å². The van der Waals surface area contributed by atoms with Crippen molar-refractivity contribution < 1.29 is 19.4 Å². The number of carbonyl (C=O) groups is 1. The number of carboxylic acid groups (broad SMARTS) is 1. The lowest BCUT2D eigenvalue weighted by Crippen LogP contribution is -1.99. The Kier molecular flexibility index (Phi) is 4.42. The lowest BCUT2D eigenvalue weighted by Gasteiger charge is -2.11. The quantitative estimate of drug-likeness (QED) is 0.911. The van der Waals surface area contributed by atoms with Gasteiger partial charge in [-0.3, -0.25) is 0 Å². The highest BCUT2D eigenvalue weighted by molar-refractivity contribution is 6.32. The summed E-state index contributed by atoms with van der Waals surface area (Å²) in [6, 6.07) is 8.37. The minimum Gasteiger partial charge on any atom is -0.490 e. The van der Waals surface area contributed by atoms with Crippen LogP contribution in [0.2, 0.25) is 5.02 Å². The Hall–Kier alpha value is -2.27. The van der Waals surface area contributed by atoms with Gasteiger partial charge in [0.25, 0.3) is 0 Å². The summed E-state index contributed by atoms with van der Waals surface area (Å²) in [5.41, 5.74) is 0.000410. The number of hydrogen-bond donors (Lipinski definition) is 1. The number of pyridine rings is 1. The van der Waals surface area contributed by atoms with Gasteiger partial charge in [-0.05, 0) is 25.1 Å². The van der Waals surface area contributed by atoms with Crippen LogP contribution in [0.4, 0.5) is 0 Å². The Balaban J connectivity index is 2.28. The van der Waals surface area contributed by atoms with Gasteiger partial charge in [-0.1, -0.05) is 23.7 Å². The van der Waals surface area contributed by atoms with Crippen molar-refractivity contribution in [3.8, 4) is 17.4 Å². The van der Waals surface area contributed by atoms with E-state index in [0.717, 1.165) is 0 Å². The molecule has 0 fully saturated rings. The van der Waals surface area contributed by atoms with Crippen LogP contribution in [0, 0.1) is 0 Å². The summed E-state index contributed by atoms with van der Waals surface area (Å²) in [7, 11) is 0. The topological polar surface area (TPSA) is 68.7 Å². The van der Waals surface area contributed by atoms with Crippen molar-refractivity contribution >= 4 is 17.6 Å². The molecule has 0 spiro atoms. The van der Waals surface area contributed by atoms with Crippen molar-refractivity contribution in [3.05, 3.63) is 47.1 Å². The van der Waals surface area contributed by atoms with Crippen molar-refractivity contribution in [2.24, 2.45) is 0 Å². The van der Waals surface area contributed by atoms with E-state index in [2.05, 4.69) is 4.98 Å². The van der Waals surface area contributed by atoms with E-state index in [-0.39, 0.29) is 16.5 Å². The van der Waals surface area contributed by atoms with Crippen molar-refractivity contribution in [2.45, 2.75) is 6.92 Å². The summed E-state index contributed by atoms with van der Waals surface area (Å²) in [6.45, 7) is 2.36. The predicted octanol–water partition coefficient (Wildman–Crippen LogP) is 3.62. The number of aromatic nitrogens is 1. The molecule has 0 radical (unpaired) electrons. The molecule has 5 nitrogen and oxygen atoms in total. The Bertz CT molecular complexity index is 630. The summed E-state index contributed by atoms with van der Waals surface area (Å²) >= 11 is 5.96. The van der Waals surface area contributed by atoms with Crippen LogP contribution in [0.25, 0.3) is 0 Å². The molecule has 0 saturated carbocycles. The summed E-state index contributed by atoms with van der Waals surface area (Å²) in [5, 5.41) is 8.97. The first-order valence-corrected chi connectivity index (χ1v) is 6.28. The van der Waals surface area contributed by atoms with Gasteiger partial charge in [0.2, 0.25) is 5.88 Å². The van der Waals surface area contributed by atoms with Crippen LogP contribution in [-0.2, 0) is 0 Å². The molecular weight excluding hydrogens is 282 g/mol. The molecule has 0 unspecified atom stereocenters. The average Bonchev–Trinajstić information content (AvgIpc) is 2.43. The molecule has 0 aliphatic rings. The number of hydrogen-bond acceptors (Lipinski definition) is 4. The number of halogens is 1. The summed E-state index contributed by atoms with van der Waals surface area (Å²) < 4.78 is 11.0. The number of nitrogens with zero attached hydrogens (tertiary/aromatic N) is 1. The molecule has 0 atom stereocenters. The fourth-order valence-corrected chi connectivity index (χ4v) is 1.74. The number of rotatable bonds is 5. The van der Waals surface area contributed by atoms with E-state index in [0.29, 0.717) is 18.1 Å². The second-order valence-electron chi connectivity index (χ2n) is 3.80.